The molecule has 6 heteroatoms. The maximum Gasteiger partial charge on any atom is 0.273 e. The minimum Gasteiger partial charge on any atom is -0.351 e. The minimum absolute atomic E-state index is 0.0397. The summed E-state index contributed by atoms with van der Waals surface area (Å²) in [4.78, 5) is 17.6. The molecule has 84 valence electrons. The van der Waals surface area contributed by atoms with Crippen molar-refractivity contribution in [2.24, 2.45) is 0 Å². The highest BCUT2D eigenvalue weighted by molar-refractivity contribution is 9.09. The summed E-state index contributed by atoms with van der Waals surface area (Å²) in [6, 6.07) is 3.56. The van der Waals surface area contributed by atoms with Crippen LogP contribution in [0.4, 0.5) is 5.69 Å². The molecule has 0 fully saturated rings. The van der Waals surface area contributed by atoms with E-state index in [1.54, 1.807) is 30.7 Å². The van der Waals surface area contributed by atoms with Crippen LogP contribution in [0.3, 0.4) is 0 Å². The number of pyridine rings is 1. The van der Waals surface area contributed by atoms with E-state index in [0.29, 0.717) is 11.4 Å². The molecule has 2 rings (SSSR count). The first-order valence-corrected chi connectivity index (χ1v) is 5.64. The standard InChI is InChI=1S/C10H11BrN4O/c1-15-6-8(14-10(15)11)9(16)13-7-3-2-4-12-5-7/h2-6,10,14H,1H3,(H,13,16). The lowest BCUT2D eigenvalue weighted by Crippen LogP contribution is -2.30. The molecular formula is C10H11BrN4O. The topological polar surface area (TPSA) is 57.3 Å². The smallest absolute Gasteiger partial charge is 0.273 e. The van der Waals surface area contributed by atoms with Gasteiger partial charge in [0, 0.05) is 19.4 Å². The number of carbonyl (C=O) groups excluding carboxylic acids is 1. The molecule has 0 radical (unpaired) electrons. The van der Waals surface area contributed by atoms with E-state index in [4.69, 9.17) is 0 Å². The van der Waals surface area contributed by atoms with Crippen LogP contribution < -0.4 is 10.6 Å². The van der Waals surface area contributed by atoms with Crippen molar-refractivity contribution < 1.29 is 4.79 Å². The number of hydrogen-bond acceptors (Lipinski definition) is 4. The van der Waals surface area contributed by atoms with Crippen molar-refractivity contribution in [3.8, 4) is 0 Å². The van der Waals surface area contributed by atoms with Gasteiger partial charge in [0.1, 0.15) is 5.70 Å². The third-order valence-corrected chi connectivity index (χ3v) is 3.00. The van der Waals surface area contributed by atoms with Gasteiger partial charge in [0.25, 0.3) is 5.91 Å². The lowest BCUT2D eigenvalue weighted by molar-refractivity contribution is -0.113. The van der Waals surface area contributed by atoms with E-state index >= 15 is 0 Å². The molecular weight excluding hydrogens is 272 g/mol. The summed E-state index contributed by atoms with van der Waals surface area (Å²) >= 11 is 3.37. The Kier molecular flexibility index (Phi) is 3.09. The van der Waals surface area contributed by atoms with E-state index in [0.717, 1.165) is 0 Å². The summed E-state index contributed by atoms with van der Waals surface area (Å²) < 4.78 is 0. The van der Waals surface area contributed by atoms with E-state index in [1.807, 2.05) is 11.9 Å². The molecule has 1 atom stereocenters. The molecule has 1 aliphatic rings. The Bertz CT molecular complexity index is 420. The zero-order valence-corrected chi connectivity index (χ0v) is 10.2. The van der Waals surface area contributed by atoms with Crippen LogP contribution in [-0.4, -0.2) is 27.9 Å². The van der Waals surface area contributed by atoms with Crippen LogP contribution in [0, 0.1) is 0 Å². The van der Waals surface area contributed by atoms with Crippen LogP contribution in [0.25, 0.3) is 0 Å². The molecule has 1 aromatic rings. The van der Waals surface area contributed by atoms with Gasteiger partial charge in [-0.15, -0.1) is 0 Å². The van der Waals surface area contributed by atoms with Gasteiger partial charge < -0.3 is 15.5 Å². The number of nitrogens with zero attached hydrogens (tertiary/aromatic N) is 2. The number of anilines is 1. The van der Waals surface area contributed by atoms with E-state index in [1.165, 1.54) is 0 Å². The summed E-state index contributed by atoms with van der Waals surface area (Å²) in [5, 5.41) is 5.70. The first-order chi connectivity index (χ1) is 7.66. The monoisotopic (exact) mass is 282 g/mol. The third kappa shape index (κ3) is 2.33. The molecule has 0 saturated heterocycles. The Hall–Kier alpha value is -1.56. The van der Waals surface area contributed by atoms with Crippen molar-refractivity contribution in [3.63, 3.8) is 0 Å². The van der Waals surface area contributed by atoms with Gasteiger partial charge >= 0.3 is 0 Å². The molecule has 2 heterocycles. The summed E-state index contributed by atoms with van der Waals surface area (Å²) in [7, 11) is 1.87. The maximum atomic E-state index is 11.8. The van der Waals surface area contributed by atoms with Gasteiger partial charge in [-0.3, -0.25) is 9.78 Å². The highest BCUT2D eigenvalue weighted by Gasteiger charge is 2.22. The Labute approximate surface area is 102 Å². The number of carbonyl (C=O) groups is 1. The number of nitrogens with one attached hydrogen (secondary N) is 2. The normalized spacial score (nSPS) is 19.0. The van der Waals surface area contributed by atoms with Gasteiger partial charge in [0.2, 0.25) is 0 Å². The molecule has 0 bridgehead atoms. The van der Waals surface area contributed by atoms with Gasteiger partial charge in [0.05, 0.1) is 11.9 Å². The zero-order valence-electron chi connectivity index (χ0n) is 8.64. The third-order valence-electron chi connectivity index (χ3n) is 2.13. The largest absolute Gasteiger partial charge is 0.351 e. The van der Waals surface area contributed by atoms with Gasteiger partial charge in [0.15, 0.2) is 5.08 Å². The Morgan fingerprint density at radius 2 is 2.50 bits per heavy atom. The Balaban J connectivity index is 2.03. The van der Waals surface area contributed by atoms with Crippen molar-refractivity contribution in [1.29, 1.82) is 0 Å². The average Bonchev–Trinajstić information content (AvgIpc) is 2.61. The lowest BCUT2D eigenvalue weighted by atomic mass is 10.4. The van der Waals surface area contributed by atoms with Crippen LogP contribution in [0.15, 0.2) is 36.4 Å². The Morgan fingerprint density at radius 1 is 1.69 bits per heavy atom. The van der Waals surface area contributed by atoms with Crippen LogP contribution in [0.5, 0.6) is 0 Å². The van der Waals surface area contributed by atoms with Crippen molar-refractivity contribution in [2.75, 3.05) is 12.4 Å². The van der Waals surface area contributed by atoms with E-state index in [-0.39, 0.29) is 11.0 Å². The van der Waals surface area contributed by atoms with Gasteiger partial charge in [-0.2, -0.15) is 0 Å². The summed E-state index contributed by atoms with van der Waals surface area (Å²) in [5.74, 6) is -0.179. The lowest BCUT2D eigenvalue weighted by Gasteiger charge is -2.13. The number of aromatic nitrogens is 1. The second-order valence-corrected chi connectivity index (χ2v) is 4.25. The molecule has 0 saturated carbocycles. The molecule has 1 aliphatic heterocycles. The van der Waals surface area contributed by atoms with Crippen LogP contribution in [0.2, 0.25) is 0 Å². The predicted octanol–water partition coefficient (Wildman–Crippen LogP) is 1.07. The number of amides is 1. The number of halogens is 1. The molecule has 1 unspecified atom stereocenters. The second kappa shape index (κ2) is 4.52. The van der Waals surface area contributed by atoms with Crippen molar-refractivity contribution in [2.45, 2.75) is 5.08 Å². The molecule has 0 aliphatic carbocycles. The number of alkyl halides is 1. The van der Waals surface area contributed by atoms with Crippen LogP contribution in [0.1, 0.15) is 0 Å². The van der Waals surface area contributed by atoms with Gasteiger partial charge in [-0.25, -0.2) is 0 Å². The van der Waals surface area contributed by atoms with Crippen molar-refractivity contribution in [1.82, 2.24) is 15.2 Å². The molecule has 16 heavy (non-hydrogen) atoms. The first-order valence-electron chi connectivity index (χ1n) is 4.72. The van der Waals surface area contributed by atoms with E-state index in [2.05, 4.69) is 31.5 Å². The van der Waals surface area contributed by atoms with Crippen LogP contribution >= 0.6 is 15.9 Å². The highest BCUT2D eigenvalue weighted by Crippen LogP contribution is 2.14. The fourth-order valence-electron chi connectivity index (χ4n) is 1.30. The Morgan fingerprint density at radius 3 is 3.06 bits per heavy atom. The molecule has 1 amide bonds. The summed E-state index contributed by atoms with van der Waals surface area (Å²) in [6.07, 6.45) is 5.00. The molecule has 0 aromatic carbocycles. The van der Waals surface area contributed by atoms with Crippen LogP contribution in [-0.2, 0) is 4.79 Å². The molecule has 2 N–H and O–H groups in total. The van der Waals surface area contributed by atoms with Crippen molar-refractivity contribution in [3.05, 3.63) is 36.4 Å². The zero-order chi connectivity index (χ0) is 11.5. The van der Waals surface area contributed by atoms with Gasteiger partial charge in [-0.1, -0.05) is 0 Å². The fraction of sp³-hybridized carbons (Fsp3) is 0.200. The van der Waals surface area contributed by atoms with E-state index in [9.17, 15) is 4.79 Å². The predicted molar refractivity (Wildman–Crippen MR) is 64.6 cm³/mol. The average molecular weight is 283 g/mol. The highest BCUT2D eigenvalue weighted by atomic mass is 79.9. The first kappa shape index (κ1) is 10.9. The number of hydrogen-bond donors (Lipinski definition) is 2. The number of rotatable bonds is 2. The summed E-state index contributed by atoms with van der Waals surface area (Å²) in [5.41, 5.74) is 1.20. The fourth-order valence-corrected chi connectivity index (χ4v) is 1.66. The summed E-state index contributed by atoms with van der Waals surface area (Å²) in [6.45, 7) is 0. The second-order valence-electron chi connectivity index (χ2n) is 3.38. The van der Waals surface area contributed by atoms with Crippen molar-refractivity contribution >= 4 is 27.5 Å². The molecule has 5 nitrogen and oxygen atoms in total. The quantitative estimate of drug-likeness (QED) is 0.630. The minimum atomic E-state index is -0.179. The SMILES string of the molecule is CN1C=C(C(=O)Nc2cccnc2)NC1Br. The maximum absolute atomic E-state index is 11.8. The molecule has 1 aromatic heterocycles. The van der Waals surface area contributed by atoms with Gasteiger partial charge in [-0.05, 0) is 28.1 Å². The van der Waals surface area contributed by atoms with E-state index < -0.39 is 0 Å². The molecule has 0 spiro atoms.